The number of thioether (sulfide) groups is 1. The summed E-state index contributed by atoms with van der Waals surface area (Å²) in [6.45, 7) is 3.99. The van der Waals surface area contributed by atoms with Crippen LogP contribution in [0.3, 0.4) is 0 Å². The first kappa shape index (κ1) is 26.4. The summed E-state index contributed by atoms with van der Waals surface area (Å²) in [7, 11) is 1.41. The summed E-state index contributed by atoms with van der Waals surface area (Å²) in [6, 6.07) is 19.7. The van der Waals surface area contributed by atoms with Gasteiger partial charge in [-0.05, 0) is 50.2 Å². The van der Waals surface area contributed by atoms with Gasteiger partial charge >= 0.3 is 0 Å². The number of aryl methyl sites for hydroxylation is 2. The first-order valence-electron chi connectivity index (χ1n) is 11.5. The maximum absolute atomic E-state index is 12.6. The Hall–Kier alpha value is -4.71. The number of carbonyl (C=O) groups excluding carboxylic acids is 1. The zero-order valence-electron chi connectivity index (χ0n) is 20.9. The normalized spacial score (nSPS) is 10.5. The van der Waals surface area contributed by atoms with Crippen LogP contribution in [0.1, 0.15) is 11.1 Å². The summed E-state index contributed by atoms with van der Waals surface area (Å²) in [5.74, 6) is 0.377. The second-order valence-corrected chi connectivity index (χ2v) is 9.17. The molecule has 1 heterocycles. The summed E-state index contributed by atoms with van der Waals surface area (Å²) in [4.78, 5) is 36.8. The van der Waals surface area contributed by atoms with Crippen molar-refractivity contribution in [2.75, 3.05) is 28.8 Å². The largest absolute Gasteiger partial charge is 0.496 e. The number of ether oxygens (including phenoxy) is 1. The highest BCUT2D eigenvalue weighted by molar-refractivity contribution is 7.99. The van der Waals surface area contributed by atoms with Crippen LogP contribution in [0.4, 0.5) is 34.6 Å². The molecule has 194 valence electrons. The number of hydrogen-bond acceptors (Lipinski definition) is 10. The van der Waals surface area contributed by atoms with Crippen LogP contribution < -0.4 is 20.7 Å². The minimum absolute atomic E-state index is 0.0699. The predicted octanol–water partition coefficient (Wildman–Crippen LogP) is 5.62. The molecular formula is C26H25N7O4S. The molecule has 1 aromatic heterocycles. The lowest BCUT2D eigenvalue weighted by Crippen LogP contribution is -2.15. The first-order chi connectivity index (χ1) is 18.3. The maximum atomic E-state index is 12.6. The Bertz CT molecular complexity index is 1380. The average molecular weight is 532 g/mol. The number of nitro benzene ring substituents is 1. The number of rotatable bonds is 10. The molecule has 0 aliphatic rings. The van der Waals surface area contributed by atoms with Crippen LogP contribution in [0, 0.1) is 24.0 Å². The number of aromatic nitrogens is 3. The molecule has 3 aromatic carbocycles. The Morgan fingerprint density at radius 3 is 1.95 bits per heavy atom. The van der Waals surface area contributed by atoms with Gasteiger partial charge in [-0.2, -0.15) is 15.0 Å². The number of nitrogens with one attached hydrogen (secondary N) is 3. The summed E-state index contributed by atoms with van der Waals surface area (Å²) in [5, 5.41) is 20.6. The van der Waals surface area contributed by atoms with Crippen molar-refractivity contribution in [1.82, 2.24) is 15.0 Å². The smallest absolute Gasteiger partial charge is 0.296 e. The topological polar surface area (TPSA) is 144 Å². The number of methoxy groups -OCH3 is 1. The van der Waals surface area contributed by atoms with Gasteiger partial charge in [0.05, 0.1) is 23.9 Å². The molecule has 0 radical (unpaired) electrons. The standard InChI is InChI=1S/C26H25N7O4S/c1-16-4-8-18(9-5-16)27-24-30-25(28-19-10-6-17(2)7-11-19)32-26(31-24)38-15-23(34)29-21-13-12-20(37-3)14-22(21)33(35)36/h4-14H,15H2,1-3H3,(H,29,34)(H2,27,28,30,31,32). The van der Waals surface area contributed by atoms with Crippen molar-refractivity contribution in [3.8, 4) is 5.75 Å². The average Bonchev–Trinajstić information content (AvgIpc) is 2.90. The molecular weight excluding hydrogens is 506 g/mol. The van der Waals surface area contributed by atoms with Crippen molar-refractivity contribution >= 4 is 52.3 Å². The SMILES string of the molecule is COc1ccc(NC(=O)CSc2nc(Nc3ccc(C)cc3)nc(Nc3ccc(C)cc3)n2)c([N+](=O)[O-])c1. The van der Waals surface area contributed by atoms with E-state index in [1.165, 1.54) is 25.3 Å². The van der Waals surface area contributed by atoms with Crippen LogP contribution >= 0.6 is 11.8 Å². The molecule has 0 aliphatic heterocycles. The molecule has 0 atom stereocenters. The number of hydrogen-bond donors (Lipinski definition) is 3. The van der Waals surface area contributed by atoms with E-state index in [0.29, 0.717) is 22.8 Å². The quantitative estimate of drug-likeness (QED) is 0.134. The summed E-state index contributed by atoms with van der Waals surface area (Å²) in [6.07, 6.45) is 0. The van der Waals surface area contributed by atoms with Crippen LogP contribution in [-0.2, 0) is 4.79 Å². The van der Waals surface area contributed by atoms with Crippen LogP contribution in [0.2, 0.25) is 0 Å². The third kappa shape index (κ3) is 7.17. The van der Waals surface area contributed by atoms with E-state index in [1.54, 1.807) is 0 Å². The predicted molar refractivity (Wildman–Crippen MR) is 148 cm³/mol. The summed E-state index contributed by atoms with van der Waals surface area (Å²) >= 11 is 1.08. The zero-order chi connectivity index (χ0) is 27.1. The molecule has 0 fully saturated rings. The fourth-order valence-corrected chi connectivity index (χ4v) is 3.91. The van der Waals surface area contributed by atoms with Gasteiger partial charge in [-0.3, -0.25) is 14.9 Å². The molecule has 4 aromatic rings. The molecule has 0 unspecified atom stereocenters. The van der Waals surface area contributed by atoms with Crippen LogP contribution in [0.25, 0.3) is 0 Å². The van der Waals surface area contributed by atoms with Crippen molar-refractivity contribution in [2.24, 2.45) is 0 Å². The van der Waals surface area contributed by atoms with E-state index in [9.17, 15) is 14.9 Å². The Morgan fingerprint density at radius 1 is 0.895 bits per heavy atom. The second kappa shape index (κ2) is 12.0. The number of anilines is 5. The number of carbonyl (C=O) groups is 1. The van der Waals surface area contributed by atoms with Gasteiger partial charge in [-0.25, -0.2) is 0 Å². The van der Waals surface area contributed by atoms with Crippen molar-refractivity contribution in [3.63, 3.8) is 0 Å². The van der Waals surface area contributed by atoms with Crippen LogP contribution in [0.5, 0.6) is 5.75 Å². The van der Waals surface area contributed by atoms with E-state index in [4.69, 9.17) is 4.74 Å². The Balaban J connectivity index is 1.52. The molecule has 0 saturated carbocycles. The molecule has 12 heteroatoms. The van der Waals surface area contributed by atoms with E-state index in [0.717, 1.165) is 34.3 Å². The molecule has 0 saturated heterocycles. The molecule has 0 bridgehead atoms. The lowest BCUT2D eigenvalue weighted by atomic mass is 10.2. The first-order valence-corrected chi connectivity index (χ1v) is 12.5. The highest BCUT2D eigenvalue weighted by Gasteiger charge is 2.18. The highest BCUT2D eigenvalue weighted by atomic mass is 32.2. The summed E-state index contributed by atoms with van der Waals surface area (Å²) in [5.41, 5.74) is 3.63. The van der Waals surface area contributed by atoms with E-state index in [2.05, 4.69) is 30.9 Å². The molecule has 38 heavy (non-hydrogen) atoms. The molecule has 11 nitrogen and oxygen atoms in total. The summed E-state index contributed by atoms with van der Waals surface area (Å²) < 4.78 is 5.03. The Morgan fingerprint density at radius 2 is 1.45 bits per heavy atom. The van der Waals surface area contributed by atoms with Crippen molar-refractivity contribution < 1.29 is 14.5 Å². The third-order valence-electron chi connectivity index (χ3n) is 5.24. The zero-order valence-corrected chi connectivity index (χ0v) is 21.7. The molecule has 1 amide bonds. The van der Waals surface area contributed by atoms with E-state index >= 15 is 0 Å². The molecule has 0 spiro atoms. The fraction of sp³-hybridized carbons (Fsp3) is 0.154. The molecule has 0 aliphatic carbocycles. The third-order valence-corrected chi connectivity index (χ3v) is 6.09. The van der Waals surface area contributed by atoms with Gasteiger partial charge in [0.2, 0.25) is 17.8 Å². The van der Waals surface area contributed by atoms with E-state index in [1.807, 2.05) is 62.4 Å². The van der Waals surface area contributed by atoms with Crippen LogP contribution in [-0.4, -0.2) is 38.6 Å². The minimum atomic E-state index is -0.580. The van der Waals surface area contributed by atoms with E-state index < -0.39 is 10.8 Å². The van der Waals surface area contributed by atoms with Gasteiger partial charge in [0.1, 0.15) is 11.4 Å². The minimum Gasteiger partial charge on any atom is -0.496 e. The lowest BCUT2D eigenvalue weighted by Gasteiger charge is -2.11. The lowest BCUT2D eigenvalue weighted by molar-refractivity contribution is -0.384. The van der Waals surface area contributed by atoms with Gasteiger partial charge in [0, 0.05) is 11.4 Å². The van der Waals surface area contributed by atoms with Crippen molar-refractivity contribution in [2.45, 2.75) is 19.0 Å². The molecule has 4 rings (SSSR count). The number of benzene rings is 3. The van der Waals surface area contributed by atoms with Gasteiger partial charge in [0.15, 0.2) is 5.16 Å². The monoisotopic (exact) mass is 531 g/mol. The number of nitro groups is 1. The van der Waals surface area contributed by atoms with Gasteiger partial charge in [0.25, 0.3) is 5.69 Å². The van der Waals surface area contributed by atoms with Crippen molar-refractivity contribution in [1.29, 1.82) is 0 Å². The van der Waals surface area contributed by atoms with Gasteiger partial charge in [-0.1, -0.05) is 47.2 Å². The number of amides is 1. The molecule has 3 N–H and O–H groups in total. The maximum Gasteiger partial charge on any atom is 0.296 e. The van der Waals surface area contributed by atoms with Crippen molar-refractivity contribution in [3.05, 3.63) is 88.0 Å². The number of nitrogens with zero attached hydrogens (tertiary/aromatic N) is 4. The highest BCUT2D eigenvalue weighted by Crippen LogP contribution is 2.29. The van der Waals surface area contributed by atoms with E-state index in [-0.39, 0.29) is 17.1 Å². The van der Waals surface area contributed by atoms with Gasteiger partial charge < -0.3 is 20.7 Å². The fourth-order valence-electron chi connectivity index (χ4n) is 3.28. The van der Waals surface area contributed by atoms with Crippen LogP contribution in [0.15, 0.2) is 71.9 Å². The van der Waals surface area contributed by atoms with Gasteiger partial charge in [-0.15, -0.1) is 0 Å². The Kier molecular flexibility index (Phi) is 8.34. The second-order valence-electron chi connectivity index (χ2n) is 8.22. The Labute approximate surface area is 223 Å².